The molecule has 0 saturated carbocycles. The summed E-state index contributed by atoms with van der Waals surface area (Å²) in [6, 6.07) is 12.6. The van der Waals surface area contributed by atoms with E-state index < -0.39 is 0 Å². The average Bonchev–Trinajstić information content (AvgIpc) is 3.10. The Morgan fingerprint density at radius 1 is 1.17 bits per heavy atom. The van der Waals surface area contributed by atoms with E-state index >= 15 is 0 Å². The van der Waals surface area contributed by atoms with Crippen LogP contribution in [0.2, 0.25) is 0 Å². The summed E-state index contributed by atoms with van der Waals surface area (Å²) in [5, 5.41) is 4.08. The van der Waals surface area contributed by atoms with E-state index in [2.05, 4.69) is 5.16 Å². The fourth-order valence-electron chi connectivity index (χ4n) is 3.26. The molecular weight excluding hydrogens is 374 g/mol. The normalized spacial score (nSPS) is 16.3. The third-order valence-electron chi connectivity index (χ3n) is 4.67. The van der Waals surface area contributed by atoms with E-state index in [9.17, 15) is 13.6 Å². The van der Waals surface area contributed by atoms with Crippen LogP contribution in [0.15, 0.2) is 53.7 Å². The Hall–Kier alpha value is -2.76. The van der Waals surface area contributed by atoms with Crippen LogP contribution in [0.25, 0.3) is 0 Å². The predicted molar refractivity (Wildman–Crippen MR) is 108 cm³/mol. The number of oxime groups is 1. The van der Waals surface area contributed by atoms with Gasteiger partial charge in [0, 0.05) is 30.5 Å². The van der Waals surface area contributed by atoms with Gasteiger partial charge in [-0.1, -0.05) is 56.3 Å². The third-order valence-corrected chi connectivity index (χ3v) is 4.67. The highest BCUT2D eigenvalue weighted by Crippen LogP contribution is 2.24. The molecule has 6 heteroatoms. The molecular formula is C23H26F2N2O2. The van der Waals surface area contributed by atoms with E-state index in [4.69, 9.17) is 4.84 Å². The van der Waals surface area contributed by atoms with Crippen LogP contribution in [-0.4, -0.2) is 29.2 Å². The van der Waals surface area contributed by atoms with E-state index in [1.807, 2.05) is 20.8 Å². The molecule has 1 amide bonds. The van der Waals surface area contributed by atoms with Gasteiger partial charge in [-0.05, 0) is 23.6 Å². The van der Waals surface area contributed by atoms with Crippen molar-refractivity contribution in [3.8, 4) is 0 Å². The smallest absolute Gasteiger partial charge is 0.223 e. The minimum absolute atomic E-state index is 0.0661. The molecule has 0 spiro atoms. The van der Waals surface area contributed by atoms with Crippen LogP contribution in [0, 0.1) is 17.0 Å². The third kappa shape index (κ3) is 5.86. The topological polar surface area (TPSA) is 41.9 Å². The summed E-state index contributed by atoms with van der Waals surface area (Å²) < 4.78 is 27.6. The summed E-state index contributed by atoms with van der Waals surface area (Å²) in [4.78, 5) is 20.1. The van der Waals surface area contributed by atoms with Crippen molar-refractivity contribution in [1.29, 1.82) is 0 Å². The lowest BCUT2D eigenvalue weighted by molar-refractivity contribution is -0.135. The summed E-state index contributed by atoms with van der Waals surface area (Å²) in [5.41, 5.74) is 1.57. The van der Waals surface area contributed by atoms with Gasteiger partial charge in [0.1, 0.15) is 11.6 Å². The Morgan fingerprint density at radius 3 is 2.62 bits per heavy atom. The van der Waals surface area contributed by atoms with E-state index in [-0.39, 0.29) is 42.2 Å². The number of benzene rings is 2. The van der Waals surface area contributed by atoms with Crippen LogP contribution in [0.1, 0.15) is 44.7 Å². The summed E-state index contributed by atoms with van der Waals surface area (Å²) in [7, 11) is 0. The molecule has 29 heavy (non-hydrogen) atoms. The van der Waals surface area contributed by atoms with Crippen molar-refractivity contribution in [3.05, 3.63) is 71.3 Å². The highest BCUT2D eigenvalue weighted by atomic mass is 19.1. The standard InChI is InChI=1S/C23H26F2N2O2/c1-23(2,3)13-22(28)27(14-17-7-4-5-10-20(17)25)15-19-12-21(26-29-19)16-8-6-9-18(24)11-16/h4-11,19H,12-15H2,1-3H3/t19-/m0/s1. The molecule has 2 aromatic rings. The molecule has 0 unspecified atom stereocenters. The first-order valence-corrected chi connectivity index (χ1v) is 9.71. The van der Waals surface area contributed by atoms with Gasteiger partial charge in [0.25, 0.3) is 0 Å². The Balaban J connectivity index is 1.72. The zero-order valence-corrected chi connectivity index (χ0v) is 17.0. The number of carbonyl (C=O) groups is 1. The van der Waals surface area contributed by atoms with Gasteiger partial charge in [-0.25, -0.2) is 8.78 Å². The minimum atomic E-state index is -0.357. The average molecular weight is 400 g/mol. The van der Waals surface area contributed by atoms with Crippen LogP contribution >= 0.6 is 0 Å². The van der Waals surface area contributed by atoms with Gasteiger partial charge in [-0.15, -0.1) is 0 Å². The fourth-order valence-corrected chi connectivity index (χ4v) is 3.26. The number of carbonyl (C=O) groups excluding carboxylic acids is 1. The van der Waals surface area contributed by atoms with Crippen LogP contribution < -0.4 is 0 Å². The second kappa shape index (κ2) is 8.72. The molecule has 0 aliphatic carbocycles. The monoisotopic (exact) mass is 400 g/mol. The largest absolute Gasteiger partial charge is 0.390 e. The van der Waals surface area contributed by atoms with Gasteiger partial charge >= 0.3 is 0 Å². The number of nitrogens with zero attached hydrogens (tertiary/aromatic N) is 2. The van der Waals surface area contributed by atoms with Crippen molar-refractivity contribution in [1.82, 2.24) is 4.90 Å². The quantitative estimate of drug-likeness (QED) is 0.690. The fraction of sp³-hybridized carbons (Fsp3) is 0.391. The van der Waals surface area contributed by atoms with E-state index in [1.165, 1.54) is 18.2 Å². The number of hydrogen-bond acceptors (Lipinski definition) is 3. The van der Waals surface area contributed by atoms with E-state index in [0.717, 1.165) is 0 Å². The maximum atomic E-state index is 14.2. The number of rotatable bonds is 6. The molecule has 0 bridgehead atoms. The van der Waals surface area contributed by atoms with Gasteiger partial charge < -0.3 is 9.74 Å². The predicted octanol–water partition coefficient (Wildman–Crippen LogP) is 4.92. The molecule has 2 aromatic carbocycles. The van der Waals surface area contributed by atoms with Crippen LogP contribution in [0.4, 0.5) is 8.78 Å². The van der Waals surface area contributed by atoms with Gasteiger partial charge in [0.15, 0.2) is 6.10 Å². The second-order valence-electron chi connectivity index (χ2n) is 8.58. The maximum absolute atomic E-state index is 14.2. The molecule has 0 N–H and O–H groups in total. The highest BCUT2D eigenvalue weighted by molar-refractivity contribution is 6.01. The van der Waals surface area contributed by atoms with Gasteiger partial charge in [-0.2, -0.15) is 0 Å². The SMILES string of the molecule is CC(C)(C)CC(=O)N(Cc1ccccc1F)C[C@@H]1CC(c2cccc(F)c2)=NO1. The van der Waals surface area contributed by atoms with Crippen molar-refractivity contribution < 1.29 is 18.4 Å². The summed E-state index contributed by atoms with van der Waals surface area (Å²) in [6.07, 6.45) is 0.440. The minimum Gasteiger partial charge on any atom is -0.390 e. The Bertz CT molecular complexity index is 906. The molecule has 0 aromatic heterocycles. The molecule has 0 saturated heterocycles. The Labute approximate surface area is 170 Å². The number of hydrogen-bond donors (Lipinski definition) is 0. The molecule has 1 aliphatic rings. The second-order valence-corrected chi connectivity index (χ2v) is 8.58. The van der Waals surface area contributed by atoms with Gasteiger partial charge in [-0.3, -0.25) is 4.79 Å². The lowest BCUT2D eigenvalue weighted by Crippen LogP contribution is -2.39. The Morgan fingerprint density at radius 2 is 1.93 bits per heavy atom. The molecule has 1 heterocycles. The zero-order chi connectivity index (χ0) is 21.0. The molecule has 4 nitrogen and oxygen atoms in total. The van der Waals surface area contributed by atoms with Crippen LogP contribution in [0.5, 0.6) is 0 Å². The molecule has 154 valence electrons. The molecule has 0 radical (unpaired) electrons. The molecule has 0 fully saturated rings. The zero-order valence-electron chi connectivity index (χ0n) is 17.0. The Kier molecular flexibility index (Phi) is 6.30. The summed E-state index contributed by atoms with van der Waals surface area (Å²) >= 11 is 0. The van der Waals surface area contributed by atoms with Gasteiger partial charge in [0.2, 0.25) is 5.91 Å². The van der Waals surface area contributed by atoms with E-state index in [1.54, 1.807) is 35.2 Å². The summed E-state index contributed by atoms with van der Waals surface area (Å²) in [6.45, 7) is 6.42. The first kappa shape index (κ1) is 21.0. The van der Waals surface area contributed by atoms with Crippen molar-refractivity contribution in [3.63, 3.8) is 0 Å². The lowest BCUT2D eigenvalue weighted by Gasteiger charge is -2.28. The first-order chi connectivity index (χ1) is 13.7. The van der Waals surface area contributed by atoms with Gasteiger partial charge in [0.05, 0.1) is 12.3 Å². The van der Waals surface area contributed by atoms with Crippen molar-refractivity contribution in [2.24, 2.45) is 10.6 Å². The summed E-state index contributed by atoms with van der Waals surface area (Å²) in [5.74, 6) is -0.746. The maximum Gasteiger partial charge on any atom is 0.223 e. The number of amides is 1. The van der Waals surface area contributed by atoms with Crippen molar-refractivity contribution in [2.45, 2.75) is 46.3 Å². The number of halogens is 2. The molecule has 3 rings (SSSR count). The van der Waals surface area contributed by atoms with Crippen LogP contribution in [-0.2, 0) is 16.2 Å². The highest BCUT2D eigenvalue weighted by Gasteiger charge is 2.29. The first-order valence-electron chi connectivity index (χ1n) is 9.71. The molecule has 1 atom stereocenters. The van der Waals surface area contributed by atoms with E-state index in [0.29, 0.717) is 29.7 Å². The van der Waals surface area contributed by atoms with Crippen molar-refractivity contribution in [2.75, 3.05) is 6.54 Å². The lowest BCUT2D eigenvalue weighted by atomic mass is 9.91. The van der Waals surface area contributed by atoms with Crippen molar-refractivity contribution >= 4 is 11.6 Å². The molecule has 1 aliphatic heterocycles. The van der Waals surface area contributed by atoms with Crippen LogP contribution in [0.3, 0.4) is 0 Å².